The molecule has 3 heterocycles. The Bertz CT molecular complexity index is 1290. The van der Waals surface area contributed by atoms with Gasteiger partial charge in [0.05, 0.1) is 35.2 Å². The van der Waals surface area contributed by atoms with Gasteiger partial charge in [-0.1, -0.05) is 11.3 Å². The van der Waals surface area contributed by atoms with Crippen molar-refractivity contribution in [3.63, 3.8) is 0 Å². The third kappa shape index (κ3) is 4.89. The third-order valence-corrected chi connectivity index (χ3v) is 5.90. The van der Waals surface area contributed by atoms with E-state index in [2.05, 4.69) is 20.6 Å². The number of halogens is 2. The first-order valence-corrected chi connectivity index (χ1v) is 10.7. The van der Waals surface area contributed by atoms with Crippen LogP contribution in [0.25, 0.3) is 10.4 Å². The van der Waals surface area contributed by atoms with Crippen LogP contribution >= 0.6 is 11.3 Å². The largest absolute Gasteiger partial charge is 0.386 e. The number of hydrogen-bond donors (Lipinski definition) is 3. The molecule has 0 aliphatic rings. The summed E-state index contributed by atoms with van der Waals surface area (Å²) in [6.07, 6.45) is 3.26. The SMILES string of the molecule is CC(C)(O)c1cc(F)c(-c2cc(C(N)=O)c(Nc3cccc(Cn4ccnn4)n3)s2)c(F)c1. The summed E-state index contributed by atoms with van der Waals surface area (Å²) >= 11 is 0.967. The molecule has 0 radical (unpaired) electrons. The Morgan fingerprint density at radius 1 is 1.24 bits per heavy atom. The molecule has 0 atom stereocenters. The second-order valence-corrected chi connectivity index (χ2v) is 8.88. The fourth-order valence-electron chi connectivity index (χ4n) is 3.19. The Morgan fingerprint density at radius 3 is 2.58 bits per heavy atom. The van der Waals surface area contributed by atoms with Gasteiger partial charge in [-0.25, -0.2) is 18.4 Å². The van der Waals surface area contributed by atoms with Crippen LogP contribution in [0.4, 0.5) is 19.6 Å². The smallest absolute Gasteiger partial charge is 0.251 e. The normalized spacial score (nSPS) is 11.5. The minimum Gasteiger partial charge on any atom is -0.386 e. The van der Waals surface area contributed by atoms with Crippen molar-refractivity contribution < 1.29 is 18.7 Å². The standard InChI is InChI=1S/C22H20F2N6O2S/c1-22(2,32)12-8-15(23)19(16(24)9-12)17-10-14(20(25)31)21(33-17)28-18-5-3-4-13(27-18)11-30-7-6-26-29-30/h3-10,32H,11H2,1-2H3,(H2,25,31)(H,27,28). The number of carbonyl (C=O) groups excluding carboxylic acids is 1. The summed E-state index contributed by atoms with van der Waals surface area (Å²) in [4.78, 5) is 16.7. The van der Waals surface area contributed by atoms with E-state index >= 15 is 0 Å². The number of rotatable bonds is 7. The van der Waals surface area contributed by atoms with Crippen LogP contribution in [0.5, 0.6) is 0 Å². The summed E-state index contributed by atoms with van der Waals surface area (Å²) in [6, 6.07) is 8.74. The molecule has 8 nitrogen and oxygen atoms in total. The fourth-order valence-corrected chi connectivity index (χ4v) is 4.31. The number of hydrogen-bond acceptors (Lipinski definition) is 7. The summed E-state index contributed by atoms with van der Waals surface area (Å²) < 4.78 is 31.2. The molecule has 0 fully saturated rings. The molecule has 1 aromatic carbocycles. The van der Waals surface area contributed by atoms with Gasteiger partial charge in [-0.15, -0.1) is 16.4 Å². The molecule has 11 heteroatoms. The van der Waals surface area contributed by atoms with Crippen LogP contribution in [-0.2, 0) is 12.1 Å². The summed E-state index contributed by atoms with van der Waals surface area (Å²) in [6.45, 7) is 3.25. The van der Waals surface area contributed by atoms with E-state index in [4.69, 9.17) is 5.73 Å². The molecule has 0 spiro atoms. The lowest BCUT2D eigenvalue weighted by Crippen LogP contribution is -2.16. The van der Waals surface area contributed by atoms with Crippen molar-refractivity contribution in [2.45, 2.75) is 26.0 Å². The number of pyridine rings is 1. The van der Waals surface area contributed by atoms with Crippen molar-refractivity contribution in [1.29, 1.82) is 0 Å². The molecular weight excluding hydrogens is 450 g/mol. The van der Waals surface area contributed by atoms with E-state index < -0.39 is 23.1 Å². The molecular formula is C22H20F2N6O2S. The maximum absolute atomic E-state index is 14.8. The van der Waals surface area contributed by atoms with Gasteiger partial charge in [0, 0.05) is 11.1 Å². The van der Waals surface area contributed by atoms with Crippen LogP contribution in [0, 0.1) is 11.6 Å². The van der Waals surface area contributed by atoms with Crippen molar-refractivity contribution >= 4 is 28.1 Å². The Kier molecular flexibility index (Phi) is 5.91. The highest BCUT2D eigenvalue weighted by Crippen LogP contribution is 2.40. The van der Waals surface area contributed by atoms with Crippen LogP contribution in [0.3, 0.4) is 0 Å². The van der Waals surface area contributed by atoms with Gasteiger partial charge in [-0.2, -0.15) is 0 Å². The molecule has 170 valence electrons. The fraction of sp³-hybridized carbons (Fsp3) is 0.182. The minimum absolute atomic E-state index is 0.0730. The quantitative estimate of drug-likeness (QED) is 0.378. The summed E-state index contributed by atoms with van der Waals surface area (Å²) in [5, 5.41) is 21.0. The van der Waals surface area contributed by atoms with Gasteiger partial charge in [0.2, 0.25) is 0 Å². The van der Waals surface area contributed by atoms with Crippen molar-refractivity contribution in [2.75, 3.05) is 5.32 Å². The van der Waals surface area contributed by atoms with Gasteiger partial charge in [0.25, 0.3) is 5.91 Å². The number of amides is 1. The number of nitrogens with zero attached hydrogens (tertiary/aromatic N) is 4. The molecule has 0 aliphatic carbocycles. The number of carbonyl (C=O) groups is 1. The maximum Gasteiger partial charge on any atom is 0.251 e. The van der Waals surface area contributed by atoms with Crippen molar-refractivity contribution in [2.24, 2.45) is 5.73 Å². The maximum atomic E-state index is 14.8. The van der Waals surface area contributed by atoms with E-state index in [1.165, 1.54) is 19.9 Å². The topological polar surface area (TPSA) is 119 Å². The highest BCUT2D eigenvalue weighted by Gasteiger charge is 2.24. The lowest BCUT2D eigenvalue weighted by molar-refractivity contribution is 0.0778. The van der Waals surface area contributed by atoms with Crippen LogP contribution in [-0.4, -0.2) is 31.0 Å². The van der Waals surface area contributed by atoms with Gasteiger partial charge >= 0.3 is 0 Å². The molecule has 4 N–H and O–H groups in total. The zero-order valence-electron chi connectivity index (χ0n) is 17.7. The molecule has 0 saturated carbocycles. The van der Waals surface area contributed by atoms with E-state index in [1.54, 1.807) is 35.3 Å². The Balaban J connectivity index is 1.68. The molecule has 4 aromatic rings. The van der Waals surface area contributed by atoms with Crippen LogP contribution in [0.15, 0.2) is 48.8 Å². The molecule has 1 amide bonds. The van der Waals surface area contributed by atoms with Crippen molar-refractivity contribution in [1.82, 2.24) is 20.0 Å². The van der Waals surface area contributed by atoms with Gasteiger partial charge in [0.15, 0.2) is 0 Å². The second-order valence-electron chi connectivity index (χ2n) is 7.83. The number of nitrogens with two attached hydrogens (primary N) is 1. The number of aromatic nitrogens is 4. The van der Waals surface area contributed by atoms with Gasteiger partial charge < -0.3 is 16.2 Å². The number of nitrogens with one attached hydrogen (secondary N) is 1. The van der Waals surface area contributed by atoms with Gasteiger partial charge in [-0.3, -0.25) is 4.79 Å². The molecule has 3 aromatic heterocycles. The van der Waals surface area contributed by atoms with E-state index in [9.17, 15) is 18.7 Å². The Hall–Kier alpha value is -3.70. The van der Waals surface area contributed by atoms with E-state index in [1.807, 2.05) is 0 Å². The first-order chi connectivity index (χ1) is 15.6. The molecule has 0 saturated heterocycles. The van der Waals surface area contributed by atoms with E-state index in [0.29, 0.717) is 23.1 Å². The number of benzene rings is 1. The number of thiophene rings is 1. The van der Waals surface area contributed by atoms with Crippen LogP contribution in [0.1, 0.15) is 35.5 Å². The van der Waals surface area contributed by atoms with E-state index in [0.717, 1.165) is 23.5 Å². The third-order valence-electron chi connectivity index (χ3n) is 4.84. The Morgan fingerprint density at radius 2 is 1.97 bits per heavy atom. The summed E-state index contributed by atoms with van der Waals surface area (Å²) in [7, 11) is 0. The predicted molar refractivity (Wildman–Crippen MR) is 120 cm³/mol. The van der Waals surface area contributed by atoms with Crippen molar-refractivity contribution in [3.05, 3.63) is 77.2 Å². The first kappa shape index (κ1) is 22.5. The van der Waals surface area contributed by atoms with Crippen molar-refractivity contribution in [3.8, 4) is 10.4 Å². The highest BCUT2D eigenvalue weighted by molar-refractivity contribution is 7.20. The molecule has 0 aliphatic heterocycles. The monoisotopic (exact) mass is 470 g/mol. The molecule has 0 bridgehead atoms. The summed E-state index contributed by atoms with van der Waals surface area (Å²) in [5.74, 6) is -2.05. The average Bonchev–Trinajstić information content (AvgIpc) is 3.37. The van der Waals surface area contributed by atoms with Crippen LogP contribution in [0.2, 0.25) is 0 Å². The van der Waals surface area contributed by atoms with Gasteiger partial charge in [-0.05, 0) is 49.7 Å². The molecule has 0 unspecified atom stereocenters. The zero-order valence-corrected chi connectivity index (χ0v) is 18.5. The minimum atomic E-state index is -1.41. The first-order valence-electron chi connectivity index (χ1n) is 9.85. The predicted octanol–water partition coefficient (Wildman–Crippen LogP) is 3.80. The van der Waals surface area contributed by atoms with E-state index in [-0.39, 0.29) is 21.6 Å². The highest BCUT2D eigenvalue weighted by atomic mass is 32.1. The Labute approximate surface area is 191 Å². The number of aliphatic hydroxyl groups is 1. The lowest BCUT2D eigenvalue weighted by atomic mass is 9.96. The number of primary amides is 1. The number of anilines is 2. The summed E-state index contributed by atoms with van der Waals surface area (Å²) in [5.41, 5.74) is 4.64. The zero-order chi connectivity index (χ0) is 23.8. The van der Waals surface area contributed by atoms with Crippen LogP contribution < -0.4 is 11.1 Å². The average molecular weight is 471 g/mol. The molecule has 33 heavy (non-hydrogen) atoms. The molecule has 4 rings (SSSR count). The van der Waals surface area contributed by atoms with Gasteiger partial charge in [0.1, 0.15) is 22.5 Å². The lowest BCUT2D eigenvalue weighted by Gasteiger charge is -2.18. The second kappa shape index (κ2) is 8.68.